The van der Waals surface area contributed by atoms with Crippen molar-refractivity contribution < 1.29 is 9.90 Å². The molecule has 1 aliphatic heterocycles. The van der Waals surface area contributed by atoms with Gasteiger partial charge in [0, 0.05) is 4.88 Å². The molecule has 2 aromatic rings. The third-order valence-corrected chi connectivity index (χ3v) is 6.09. The van der Waals surface area contributed by atoms with Gasteiger partial charge in [0.25, 0.3) is 0 Å². The molecule has 0 aliphatic carbocycles. The van der Waals surface area contributed by atoms with E-state index in [0.717, 1.165) is 18.7 Å². The van der Waals surface area contributed by atoms with Gasteiger partial charge in [-0.3, -0.25) is 9.69 Å². The molecule has 3 rings (SSSR count). The summed E-state index contributed by atoms with van der Waals surface area (Å²) in [7, 11) is 0. The third-order valence-electron chi connectivity index (χ3n) is 4.33. The highest BCUT2D eigenvalue weighted by molar-refractivity contribution is 7.10. The number of hydrogen-bond acceptors (Lipinski definition) is 3. The fourth-order valence-corrected chi connectivity index (χ4v) is 4.40. The summed E-state index contributed by atoms with van der Waals surface area (Å²) in [6.07, 6.45) is 1.32. The largest absolute Gasteiger partial charge is 0.481 e. The molecule has 0 radical (unpaired) electrons. The summed E-state index contributed by atoms with van der Waals surface area (Å²) in [5.74, 6) is -0.941. The molecule has 0 amide bonds. The maximum atomic E-state index is 11.2. The number of carbonyl (C=O) groups is 1. The number of hydrogen-bond donors (Lipinski definition) is 1. The van der Waals surface area contributed by atoms with E-state index in [1.165, 1.54) is 4.88 Å². The minimum atomic E-state index is -0.696. The average Bonchev–Trinajstić information content (AvgIpc) is 3.06. The lowest BCUT2D eigenvalue weighted by Gasteiger charge is -2.36. The molecule has 2 heterocycles. The Morgan fingerprint density at radius 2 is 1.96 bits per heavy atom. The van der Waals surface area contributed by atoms with E-state index >= 15 is 0 Å². The van der Waals surface area contributed by atoms with E-state index in [9.17, 15) is 9.90 Å². The molecular weight excluding hydrogens is 353 g/mol. The van der Waals surface area contributed by atoms with Gasteiger partial charge in [-0.1, -0.05) is 41.4 Å². The van der Waals surface area contributed by atoms with E-state index in [4.69, 9.17) is 23.2 Å². The Hall–Kier alpha value is -1.07. The van der Waals surface area contributed by atoms with Crippen molar-refractivity contribution in [1.29, 1.82) is 0 Å². The van der Waals surface area contributed by atoms with Crippen LogP contribution in [0.4, 0.5) is 0 Å². The number of aliphatic carboxylic acids is 1. The molecule has 23 heavy (non-hydrogen) atoms. The number of piperidine rings is 1. The van der Waals surface area contributed by atoms with Gasteiger partial charge in [-0.25, -0.2) is 0 Å². The molecule has 0 spiro atoms. The first-order chi connectivity index (χ1) is 11.1. The standard InChI is InChI=1S/C17H17Cl2NO2S/c18-13-4-1-3-12(15(13)19)16(14-5-2-10-23-14)20-8-6-11(7-9-20)17(21)22/h1-5,10-11,16H,6-9H2,(H,21,22). The van der Waals surface area contributed by atoms with Crippen LogP contribution in [0.25, 0.3) is 0 Å². The molecule has 0 bridgehead atoms. The molecule has 1 N–H and O–H groups in total. The lowest BCUT2D eigenvalue weighted by Crippen LogP contribution is -2.39. The van der Waals surface area contributed by atoms with Gasteiger partial charge in [0.2, 0.25) is 0 Å². The number of carboxylic acid groups (broad SMARTS) is 1. The zero-order valence-electron chi connectivity index (χ0n) is 12.4. The van der Waals surface area contributed by atoms with E-state index in [2.05, 4.69) is 11.0 Å². The Bertz CT molecular complexity index is 682. The summed E-state index contributed by atoms with van der Waals surface area (Å²) in [4.78, 5) is 14.7. The maximum absolute atomic E-state index is 11.2. The van der Waals surface area contributed by atoms with Crippen LogP contribution in [0.3, 0.4) is 0 Å². The predicted molar refractivity (Wildman–Crippen MR) is 94.6 cm³/mol. The topological polar surface area (TPSA) is 40.5 Å². The van der Waals surface area contributed by atoms with Gasteiger partial charge in [0.05, 0.1) is 22.0 Å². The number of halogens is 2. The number of benzene rings is 1. The lowest BCUT2D eigenvalue weighted by molar-refractivity contribution is -0.143. The first-order valence-corrected chi connectivity index (χ1v) is 9.15. The molecule has 1 unspecified atom stereocenters. The Kier molecular flexibility index (Phi) is 5.27. The summed E-state index contributed by atoms with van der Waals surface area (Å²) in [6, 6.07) is 9.84. The number of thiophene rings is 1. The van der Waals surface area contributed by atoms with Crippen molar-refractivity contribution in [2.24, 2.45) is 5.92 Å². The van der Waals surface area contributed by atoms with Crippen molar-refractivity contribution in [3.63, 3.8) is 0 Å². The Morgan fingerprint density at radius 3 is 2.57 bits per heavy atom. The highest BCUT2D eigenvalue weighted by Crippen LogP contribution is 2.39. The van der Waals surface area contributed by atoms with Gasteiger partial charge in [0.15, 0.2) is 0 Å². The Labute approximate surface area is 149 Å². The van der Waals surface area contributed by atoms with Crippen LogP contribution in [-0.4, -0.2) is 29.1 Å². The molecular formula is C17H17Cl2NO2S. The Morgan fingerprint density at radius 1 is 1.22 bits per heavy atom. The summed E-state index contributed by atoms with van der Waals surface area (Å²) >= 11 is 14.3. The van der Waals surface area contributed by atoms with Gasteiger partial charge in [-0.15, -0.1) is 11.3 Å². The fourth-order valence-electron chi connectivity index (χ4n) is 3.11. The quantitative estimate of drug-likeness (QED) is 0.829. The van der Waals surface area contributed by atoms with Crippen molar-refractivity contribution in [2.45, 2.75) is 18.9 Å². The predicted octanol–water partition coefficient (Wildman–Crippen LogP) is 4.94. The maximum Gasteiger partial charge on any atom is 0.306 e. The van der Waals surface area contributed by atoms with Gasteiger partial charge in [-0.05, 0) is 49.0 Å². The lowest BCUT2D eigenvalue weighted by atomic mass is 9.94. The molecule has 0 saturated carbocycles. The summed E-state index contributed by atoms with van der Waals surface area (Å²) < 4.78 is 0. The Balaban J connectivity index is 1.92. The number of rotatable bonds is 4. The number of carboxylic acids is 1. The molecule has 1 aliphatic rings. The molecule has 1 aromatic carbocycles. The second-order valence-electron chi connectivity index (χ2n) is 5.71. The smallest absolute Gasteiger partial charge is 0.306 e. The molecule has 3 nitrogen and oxygen atoms in total. The van der Waals surface area contributed by atoms with Gasteiger partial charge >= 0.3 is 5.97 Å². The van der Waals surface area contributed by atoms with Crippen molar-refractivity contribution in [3.05, 3.63) is 56.2 Å². The number of likely N-dealkylation sites (tertiary alicyclic amines) is 1. The third kappa shape index (κ3) is 3.56. The van der Waals surface area contributed by atoms with Gasteiger partial charge in [-0.2, -0.15) is 0 Å². The van der Waals surface area contributed by atoms with E-state index in [-0.39, 0.29) is 12.0 Å². The zero-order valence-corrected chi connectivity index (χ0v) is 14.7. The van der Waals surface area contributed by atoms with E-state index in [1.54, 1.807) is 17.4 Å². The van der Waals surface area contributed by atoms with Crippen LogP contribution in [-0.2, 0) is 4.79 Å². The van der Waals surface area contributed by atoms with Gasteiger partial charge < -0.3 is 5.11 Å². The highest BCUT2D eigenvalue weighted by Gasteiger charge is 2.31. The SMILES string of the molecule is O=C(O)C1CCN(C(c2cccs2)c2cccc(Cl)c2Cl)CC1. The molecule has 6 heteroatoms. The van der Waals surface area contributed by atoms with Gasteiger partial charge in [0.1, 0.15) is 0 Å². The average molecular weight is 370 g/mol. The van der Waals surface area contributed by atoms with Crippen molar-refractivity contribution in [3.8, 4) is 0 Å². The van der Waals surface area contributed by atoms with Crippen molar-refractivity contribution in [2.75, 3.05) is 13.1 Å². The molecule has 1 saturated heterocycles. The van der Waals surface area contributed by atoms with E-state index in [0.29, 0.717) is 22.9 Å². The van der Waals surface area contributed by atoms with Crippen LogP contribution in [0.2, 0.25) is 10.0 Å². The zero-order chi connectivity index (χ0) is 16.4. The van der Waals surface area contributed by atoms with Crippen LogP contribution in [0, 0.1) is 5.92 Å². The molecule has 1 aromatic heterocycles. The van der Waals surface area contributed by atoms with E-state index < -0.39 is 5.97 Å². The first kappa shape index (κ1) is 16.8. The van der Waals surface area contributed by atoms with Crippen LogP contribution in [0.1, 0.15) is 29.3 Å². The fraction of sp³-hybridized carbons (Fsp3) is 0.353. The minimum Gasteiger partial charge on any atom is -0.481 e. The molecule has 1 atom stereocenters. The second-order valence-corrected chi connectivity index (χ2v) is 7.47. The normalized spacial score (nSPS) is 18.0. The second kappa shape index (κ2) is 7.22. The van der Waals surface area contributed by atoms with Crippen LogP contribution < -0.4 is 0 Å². The monoisotopic (exact) mass is 369 g/mol. The van der Waals surface area contributed by atoms with E-state index in [1.807, 2.05) is 23.6 Å². The summed E-state index contributed by atoms with van der Waals surface area (Å²) in [5, 5.41) is 12.4. The highest BCUT2D eigenvalue weighted by atomic mass is 35.5. The first-order valence-electron chi connectivity index (χ1n) is 7.52. The summed E-state index contributed by atoms with van der Waals surface area (Å²) in [5.41, 5.74) is 0.982. The number of nitrogens with zero attached hydrogens (tertiary/aromatic N) is 1. The van der Waals surface area contributed by atoms with Crippen molar-refractivity contribution >= 4 is 40.5 Å². The minimum absolute atomic E-state index is 0.0240. The summed E-state index contributed by atoms with van der Waals surface area (Å²) in [6.45, 7) is 1.48. The van der Waals surface area contributed by atoms with Crippen LogP contribution >= 0.6 is 34.5 Å². The van der Waals surface area contributed by atoms with Crippen molar-refractivity contribution in [1.82, 2.24) is 4.90 Å². The molecule has 122 valence electrons. The molecule has 1 fully saturated rings. The van der Waals surface area contributed by atoms with Crippen LogP contribution in [0.5, 0.6) is 0 Å². The van der Waals surface area contributed by atoms with Crippen LogP contribution in [0.15, 0.2) is 35.7 Å².